The van der Waals surface area contributed by atoms with Gasteiger partial charge in [-0.05, 0) is 36.8 Å². The second kappa shape index (κ2) is 7.21. The summed E-state index contributed by atoms with van der Waals surface area (Å²) in [5.74, 6) is 0.973. The Morgan fingerprint density at radius 2 is 1.83 bits per heavy atom. The molecule has 2 rings (SSSR count). The molecule has 0 unspecified atom stereocenters. The van der Waals surface area contributed by atoms with Gasteiger partial charge in [0.25, 0.3) is 0 Å². The van der Waals surface area contributed by atoms with E-state index in [0.29, 0.717) is 24.3 Å². The van der Waals surface area contributed by atoms with Crippen molar-refractivity contribution in [3.05, 3.63) is 47.7 Å². The molecule has 0 fully saturated rings. The van der Waals surface area contributed by atoms with Crippen molar-refractivity contribution in [1.29, 1.82) is 0 Å². The van der Waals surface area contributed by atoms with Crippen LogP contribution in [0.15, 0.2) is 36.5 Å². The monoisotopic (exact) mass is 327 g/mol. The van der Waals surface area contributed by atoms with E-state index in [0.717, 1.165) is 12.3 Å². The molecule has 0 aliphatic heterocycles. The molecule has 4 nitrogen and oxygen atoms in total. The topological polar surface area (TPSA) is 51.6 Å². The van der Waals surface area contributed by atoms with Crippen molar-refractivity contribution in [2.45, 2.75) is 19.5 Å². The van der Waals surface area contributed by atoms with E-state index in [1.807, 2.05) is 0 Å². The van der Waals surface area contributed by atoms with Crippen molar-refractivity contribution in [2.24, 2.45) is 0 Å². The zero-order chi connectivity index (χ0) is 16.9. The molecule has 0 aliphatic rings. The lowest BCUT2D eigenvalue weighted by Crippen LogP contribution is -2.08. The minimum Gasteiger partial charge on any atom is -0.508 e. The molecule has 2 aromatic rings. The van der Waals surface area contributed by atoms with Gasteiger partial charge in [0, 0.05) is 18.7 Å². The van der Waals surface area contributed by atoms with Crippen LogP contribution in [-0.2, 0) is 6.18 Å². The lowest BCUT2D eigenvalue weighted by Gasteiger charge is -2.09. The van der Waals surface area contributed by atoms with Crippen LogP contribution in [0.3, 0.4) is 0 Å². The average Bonchev–Trinajstić information content (AvgIpc) is 2.50. The number of ether oxygens (including phenoxy) is 2. The van der Waals surface area contributed by atoms with Gasteiger partial charge in [0.05, 0.1) is 18.8 Å². The first kappa shape index (κ1) is 16.9. The molecular formula is C16H16F3NO3. The third-order valence-corrected chi connectivity index (χ3v) is 3.04. The van der Waals surface area contributed by atoms with Crippen molar-refractivity contribution in [3.63, 3.8) is 0 Å². The smallest absolute Gasteiger partial charge is 0.417 e. The molecular weight excluding hydrogens is 311 g/mol. The van der Waals surface area contributed by atoms with Crippen LogP contribution in [0.5, 0.6) is 17.4 Å². The molecule has 0 bridgehead atoms. The summed E-state index contributed by atoms with van der Waals surface area (Å²) in [6.45, 7) is 2.42. The summed E-state index contributed by atoms with van der Waals surface area (Å²) in [5.41, 5.74) is -0.0939. The van der Waals surface area contributed by atoms with Gasteiger partial charge in [-0.25, -0.2) is 4.98 Å². The van der Waals surface area contributed by atoms with Crippen LogP contribution in [-0.4, -0.2) is 23.3 Å². The van der Waals surface area contributed by atoms with Gasteiger partial charge >= 0.3 is 6.18 Å². The van der Waals surface area contributed by atoms with Gasteiger partial charge < -0.3 is 14.6 Å². The van der Waals surface area contributed by atoms with Gasteiger partial charge in [-0.15, -0.1) is 0 Å². The molecule has 7 heteroatoms. The van der Waals surface area contributed by atoms with Crippen molar-refractivity contribution < 1.29 is 27.8 Å². The maximum absolute atomic E-state index is 12.4. The fourth-order valence-electron chi connectivity index (χ4n) is 1.78. The van der Waals surface area contributed by atoms with E-state index in [4.69, 9.17) is 9.47 Å². The minimum absolute atomic E-state index is 0.137. The quantitative estimate of drug-likeness (QED) is 0.816. The first-order valence-corrected chi connectivity index (χ1v) is 6.95. The fraction of sp³-hybridized carbons (Fsp3) is 0.312. The number of hydrogen-bond donors (Lipinski definition) is 1. The fourth-order valence-corrected chi connectivity index (χ4v) is 1.78. The molecule has 1 aromatic carbocycles. The van der Waals surface area contributed by atoms with Crippen LogP contribution in [0, 0.1) is 6.92 Å². The molecule has 0 aliphatic carbocycles. The number of pyridine rings is 1. The number of alkyl halides is 3. The van der Waals surface area contributed by atoms with Crippen LogP contribution >= 0.6 is 0 Å². The summed E-state index contributed by atoms with van der Waals surface area (Å²) in [6, 6.07) is 7.03. The minimum atomic E-state index is -4.40. The lowest BCUT2D eigenvalue weighted by atomic mass is 10.2. The SMILES string of the molecule is Cc1cc(OCCCOc2ccc(C(F)(F)F)cn2)ccc1O. The Kier molecular flexibility index (Phi) is 5.31. The highest BCUT2D eigenvalue weighted by Gasteiger charge is 2.30. The number of nitrogens with zero attached hydrogens (tertiary/aromatic N) is 1. The lowest BCUT2D eigenvalue weighted by molar-refractivity contribution is -0.137. The predicted octanol–water partition coefficient (Wildman–Crippen LogP) is 3.96. The second-order valence-electron chi connectivity index (χ2n) is 4.88. The van der Waals surface area contributed by atoms with Crippen molar-refractivity contribution in [2.75, 3.05) is 13.2 Å². The van der Waals surface area contributed by atoms with Gasteiger partial charge in [-0.2, -0.15) is 13.2 Å². The van der Waals surface area contributed by atoms with E-state index < -0.39 is 11.7 Å². The Hall–Kier alpha value is -2.44. The van der Waals surface area contributed by atoms with E-state index in [2.05, 4.69) is 4.98 Å². The predicted molar refractivity (Wildman–Crippen MR) is 77.7 cm³/mol. The second-order valence-corrected chi connectivity index (χ2v) is 4.88. The van der Waals surface area contributed by atoms with Gasteiger partial charge in [-0.3, -0.25) is 0 Å². The van der Waals surface area contributed by atoms with Crippen LogP contribution in [0.4, 0.5) is 13.2 Å². The van der Waals surface area contributed by atoms with E-state index in [1.54, 1.807) is 25.1 Å². The van der Waals surface area contributed by atoms with Gasteiger partial charge in [0.15, 0.2) is 0 Å². The molecule has 1 heterocycles. The Morgan fingerprint density at radius 3 is 2.43 bits per heavy atom. The van der Waals surface area contributed by atoms with E-state index >= 15 is 0 Å². The molecule has 23 heavy (non-hydrogen) atoms. The van der Waals surface area contributed by atoms with Gasteiger partial charge in [0.1, 0.15) is 11.5 Å². The van der Waals surface area contributed by atoms with Crippen molar-refractivity contribution >= 4 is 0 Å². The van der Waals surface area contributed by atoms with Crippen LogP contribution in [0.2, 0.25) is 0 Å². The molecule has 0 atom stereocenters. The standard InChI is InChI=1S/C16H16F3NO3/c1-11-9-13(4-5-14(11)21)22-7-2-8-23-15-6-3-12(10-20-15)16(17,18)19/h3-6,9-10,21H,2,7-8H2,1H3. The number of aryl methyl sites for hydroxylation is 1. The van der Waals surface area contributed by atoms with Crippen LogP contribution in [0.25, 0.3) is 0 Å². The average molecular weight is 327 g/mol. The molecule has 0 saturated carbocycles. The highest BCUT2D eigenvalue weighted by Crippen LogP contribution is 2.29. The van der Waals surface area contributed by atoms with Gasteiger partial charge in [0.2, 0.25) is 5.88 Å². The Bertz CT molecular complexity index is 642. The van der Waals surface area contributed by atoms with E-state index in [-0.39, 0.29) is 18.2 Å². The third-order valence-electron chi connectivity index (χ3n) is 3.04. The molecule has 0 amide bonds. The molecule has 0 spiro atoms. The van der Waals surface area contributed by atoms with E-state index in [1.165, 1.54) is 6.07 Å². The normalized spacial score (nSPS) is 11.3. The number of benzene rings is 1. The highest BCUT2D eigenvalue weighted by atomic mass is 19.4. The van der Waals surface area contributed by atoms with Crippen molar-refractivity contribution in [1.82, 2.24) is 4.98 Å². The third kappa shape index (κ3) is 5.05. The molecule has 124 valence electrons. The summed E-state index contributed by atoms with van der Waals surface area (Å²) < 4.78 is 47.9. The number of phenols is 1. The van der Waals surface area contributed by atoms with Gasteiger partial charge in [-0.1, -0.05) is 0 Å². The summed E-state index contributed by atoms with van der Waals surface area (Å²) in [6.07, 6.45) is -3.12. The van der Waals surface area contributed by atoms with Crippen molar-refractivity contribution in [3.8, 4) is 17.4 Å². The summed E-state index contributed by atoms with van der Waals surface area (Å²) in [7, 11) is 0. The molecule has 0 saturated heterocycles. The molecule has 0 radical (unpaired) electrons. The number of aromatic hydroxyl groups is 1. The summed E-state index contributed by atoms with van der Waals surface area (Å²) in [5, 5.41) is 9.40. The zero-order valence-corrected chi connectivity index (χ0v) is 12.4. The number of hydrogen-bond acceptors (Lipinski definition) is 4. The first-order valence-electron chi connectivity index (χ1n) is 6.95. The summed E-state index contributed by atoms with van der Waals surface area (Å²) >= 11 is 0. The Balaban J connectivity index is 1.72. The first-order chi connectivity index (χ1) is 10.9. The Morgan fingerprint density at radius 1 is 1.09 bits per heavy atom. The molecule has 1 aromatic heterocycles. The van der Waals surface area contributed by atoms with Crippen LogP contribution < -0.4 is 9.47 Å². The number of aromatic nitrogens is 1. The number of phenolic OH excluding ortho intramolecular Hbond substituents is 1. The Labute approximate surface area is 131 Å². The van der Waals surface area contributed by atoms with E-state index in [9.17, 15) is 18.3 Å². The highest BCUT2D eigenvalue weighted by molar-refractivity contribution is 5.38. The maximum Gasteiger partial charge on any atom is 0.417 e. The number of halogens is 3. The summed E-state index contributed by atoms with van der Waals surface area (Å²) in [4.78, 5) is 3.61. The maximum atomic E-state index is 12.4. The van der Waals surface area contributed by atoms with Crippen LogP contribution in [0.1, 0.15) is 17.5 Å². The molecule has 1 N–H and O–H groups in total. The zero-order valence-electron chi connectivity index (χ0n) is 12.4. The largest absolute Gasteiger partial charge is 0.508 e. The number of rotatable bonds is 6.